The number of likely N-dealkylation sites (N-methyl/N-ethyl adjacent to an activating group) is 1. The molecule has 0 aromatic heterocycles. The second kappa shape index (κ2) is 7.10. The van der Waals surface area contributed by atoms with E-state index in [1.54, 1.807) is 7.11 Å². The lowest BCUT2D eigenvalue weighted by Crippen LogP contribution is -2.31. The predicted molar refractivity (Wildman–Crippen MR) is 75.1 cm³/mol. The highest BCUT2D eigenvalue weighted by Crippen LogP contribution is 2.21. The van der Waals surface area contributed by atoms with E-state index in [-0.39, 0.29) is 0 Å². The number of ether oxygens (including phenoxy) is 1. The van der Waals surface area contributed by atoms with Crippen molar-refractivity contribution in [1.29, 1.82) is 0 Å². The second-order valence-electron chi connectivity index (χ2n) is 4.82. The number of aryl methyl sites for hydroxylation is 2. The number of benzene rings is 1. The fourth-order valence-corrected chi connectivity index (χ4v) is 2.46. The van der Waals surface area contributed by atoms with E-state index in [1.165, 1.54) is 16.7 Å². The van der Waals surface area contributed by atoms with Gasteiger partial charge in [0, 0.05) is 25.2 Å². The minimum absolute atomic E-state index is 0.364. The first-order valence-corrected chi connectivity index (χ1v) is 6.43. The summed E-state index contributed by atoms with van der Waals surface area (Å²) in [7, 11) is 3.59. The molecule has 4 heteroatoms. The van der Waals surface area contributed by atoms with Crippen LogP contribution in [-0.2, 0) is 11.3 Å². The van der Waals surface area contributed by atoms with Crippen molar-refractivity contribution >= 4 is 11.6 Å². The summed E-state index contributed by atoms with van der Waals surface area (Å²) >= 11 is 6.01. The van der Waals surface area contributed by atoms with E-state index in [4.69, 9.17) is 16.3 Å². The molecule has 1 N–H and O–H groups in total. The quantitative estimate of drug-likeness (QED) is 0.862. The highest BCUT2D eigenvalue weighted by molar-refractivity contribution is 6.30. The number of hydrogen-bond acceptors (Lipinski definition) is 3. The van der Waals surface area contributed by atoms with E-state index >= 15 is 0 Å². The van der Waals surface area contributed by atoms with Gasteiger partial charge in [0.1, 0.15) is 0 Å². The van der Waals surface area contributed by atoms with Crippen LogP contribution in [0.15, 0.2) is 12.1 Å². The zero-order valence-electron chi connectivity index (χ0n) is 11.5. The van der Waals surface area contributed by atoms with Crippen molar-refractivity contribution < 1.29 is 9.84 Å². The highest BCUT2D eigenvalue weighted by atomic mass is 35.5. The third kappa shape index (κ3) is 4.58. The maximum Gasteiger partial charge on any atom is 0.0900 e. The van der Waals surface area contributed by atoms with E-state index in [0.717, 1.165) is 11.6 Å². The van der Waals surface area contributed by atoms with Crippen LogP contribution in [0.1, 0.15) is 16.7 Å². The minimum atomic E-state index is -0.451. The molecular weight excluding hydrogens is 250 g/mol. The van der Waals surface area contributed by atoms with Gasteiger partial charge in [-0.25, -0.2) is 0 Å². The van der Waals surface area contributed by atoms with Crippen LogP contribution in [0.5, 0.6) is 0 Å². The number of aliphatic hydroxyl groups excluding tert-OH is 1. The Kier molecular flexibility index (Phi) is 6.09. The largest absolute Gasteiger partial charge is 0.389 e. The van der Waals surface area contributed by atoms with Crippen molar-refractivity contribution in [2.75, 3.05) is 27.3 Å². The van der Waals surface area contributed by atoms with Gasteiger partial charge < -0.3 is 9.84 Å². The molecule has 0 aliphatic heterocycles. The van der Waals surface area contributed by atoms with E-state index < -0.39 is 6.10 Å². The van der Waals surface area contributed by atoms with E-state index in [9.17, 15) is 5.11 Å². The lowest BCUT2D eigenvalue weighted by atomic mass is 10.0. The number of rotatable bonds is 6. The van der Waals surface area contributed by atoms with Gasteiger partial charge in [-0.05, 0) is 49.7 Å². The number of hydrogen-bond donors (Lipinski definition) is 1. The molecule has 0 spiro atoms. The van der Waals surface area contributed by atoms with E-state index in [1.807, 2.05) is 19.2 Å². The SMILES string of the molecule is COCC(O)CN(C)Cc1c(C)cc(Cl)cc1C. The molecule has 0 aliphatic rings. The molecular formula is C14H22ClNO2. The summed E-state index contributed by atoms with van der Waals surface area (Å²) < 4.78 is 4.92. The topological polar surface area (TPSA) is 32.7 Å². The van der Waals surface area contributed by atoms with E-state index in [2.05, 4.69) is 18.7 Å². The molecule has 0 saturated carbocycles. The minimum Gasteiger partial charge on any atom is -0.389 e. The molecule has 102 valence electrons. The van der Waals surface area contributed by atoms with Gasteiger partial charge in [-0.1, -0.05) is 11.6 Å². The lowest BCUT2D eigenvalue weighted by molar-refractivity contribution is 0.0418. The fraction of sp³-hybridized carbons (Fsp3) is 0.571. The van der Waals surface area contributed by atoms with Crippen molar-refractivity contribution in [3.8, 4) is 0 Å². The molecule has 0 fully saturated rings. The van der Waals surface area contributed by atoms with Crippen LogP contribution in [0, 0.1) is 13.8 Å². The van der Waals surface area contributed by atoms with Crippen molar-refractivity contribution in [2.24, 2.45) is 0 Å². The molecule has 1 atom stereocenters. The van der Waals surface area contributed by atoms with Crippen LogP contribution < -0.4 is 0 Å². The van der Waals surface area contributed by atoms with Gasteiger partial charge in [-0.3, -0.25) is 4.90 Å². The van der Waals surface area contributed by atoms with Crippen LogP contribution >= 0.6 is 11.6 Å². The zero-order chi connectivity index (χ0) is 13.7. The first kappa shape index (κ1) is 15.4. The average molecular weight is 272 g/mol. The Balaban J connectivity index is 2.67. The number of nitrogens with zero attached hydrogens (tertiary/aromatic N) is 1. The molecule has 0 radical (unpaired) electrons. The normalized spacial score (nSPS) is 13.1. The molecule has 0 amide bonds. The number of aliphatic hydroxyl groups is 1. The number of halogens is 1. The lowest BCUT2D eigenvalue weighted by Gasteiger charge is -2.22. The summed E-state index contributed by atoms with van der Waals surface area (Å²) in [6, 6.07) is 3.95. The summed E-state index contributed by atoms with van der Waals surface area (Å²) in [5.74, 6) is 0. The molecule has 0 saturated heterocycles. The Morgan fingerprint density at radius 2 is 1.89 bits per heavy atom. The van der Waals surface area contributed by atoms with Crippen molar-refractivity contribution in [2.45, 2.75) is 26.5 Å². The molecule has 0 heterocycles. The van der Waals surface area contributed by atoms with E-state index in [0.29, 0.717) is 13.2 Å². The molecule has 0 bridgehead atoms. The van der Waals surface area contributed by atoms with Crippen LogP contribution in [-0.4, -0.2) is 43.4 Å². The Bertz CT molecular complexity index is 372. The monoisotopic (exact) mass is 271 g/mol. The van der Waals surface area contributed by atoms with Gasteiger partial charge in [0.25, 0.3) is 0 Å². The summed E-state index contributed by atoms with van der Waals surface area (Å²) in [6.07, 6.45) is -0.451. The molecule has 1 rings (SSSR count). The maximum absolute atomic E-state index is 9.69. The van der Waals surface area contributed by atoms with Gasteiger partial charge in [-0.2, -0.15) is 0 Å². The summed E-state index contributed by atoms with van der Waals surface area (Å²) in [5.41, 5.74) is 3.65. The number of methoxy groups -OCH3 is 1. The molecule has 0 aliphatic carbocycles. The summed E-state index contributed by atoms with van der Waals surface area (Å²) in [5, 5.41) is 10.5. The molecule has 1 aromatic rings. The van der Waals surface area contributed by atoms with Crippen LogP contribution in [0.4, 0.5) is 0 Å². The van der Waals surface area contributed by atoms with Crippen LogP contribution in [0.3, 0.4) is 0 Å². The Morgan fingerprint density at radius 3 is 2.39 bits per heavy atom. The van der Waals surface area contributed by atoms with Gasteiger partial charge in [-0.15, -0.1) is 0 Å². The van der Waals surface area contributed by atoms with Gasteiger partial charge in [0.15, 0.2) is 0 Å². The first-order valence-electron chi connectivity index (χ1n) is 6.05. The zero-order valence-corrected chi connectivity index (χ0v) is 12.3. The Labute approximate surface area is 114 Å². The molecule has 1 unspecified atom stereocenters. The highest BCUT2D eigenvalue weighted by Gasteiger charge is 2.11. The van der Waals surface area contributed by atoms with Crippen LogP contribution in [0.25, 0.3) is 0 Å². The van der Waals surface area contributed by atoms with Crippen molar-refractivity contribution in [3.63, 3.8) is 0 Å². The summed E-state index contributed by atoms with van der Waals surface area (Å²) in [6.45, 7) is 5.88. The third-order valence-electron chi connectivity index (χ3n) is 2.97. The van der Waals surface area contributed by atoms with Crippen molar-refractivity contribution in [1.82, 2.24) is 4.90 Å². The average Bonchev–Trinajstić information content (AvgIpc) is 2.23. The van der Waals surface area contributed by atoms with Crippen LogP contribution in [0.2, 0.25) is 5.02 Å². The fourth-order valence-electron chi connectivity index (χ4n) is 2.13. The Morgan fingerprint density at radius 1 is 1.33 bits per heavy atom. The van der Waals surface area contributed by atoms with Crippen molar-refractivity contribution in [3.05, 3.63) is 33.8 Å². The molecule has 18 heavy (non-hydrogen) atoms. The van der Waals surface area contributed by atoms with Gasteiger partial charge >= 0.3 is 0 Å². The first-order chi connectivity index (χ1) is 8.43. The second-order valence-corrected chi connectivity index (χ2v) is 5.26. The standard InChI is InChI=1S/C14H22ClNO2/c1-10-5-12(15)6-11(2)14(10)8-16(3)7-13(17)9-18-4/h5-6,13,17H,7-9H2,1-4H3. The maximum atomic E-state index is 9.69. The Hall–Kier alpha value is -0.610. The molecule has 3 nitrogen and oxygen atoms in total. The third-order valence-corrected chi connectivity index (χ3v) is 3.19. The predicted octanol–water partition coefficient (Wildman–Crippen LogP) is 2.40. The molecule has 1 aromatic carbocycles. The summed E-state index contributed by atoms with van der Waals surface area (Å²) in [4.78, 5) is 2.09. The smallest absolute Gasteiger partial charge is 0.0900 e. The van der Waals surface area contributed by atoms with Gasteiger partial charge in [0.05, 0.1) is 12.7 Å². The van der Waals surface area contributed by atoms with Gasteiger partial charge in [0.2, 0.25) is 0 Å².